The Kier molecular flexibility index (Phi) is 3.92. The molecule has 1 heterocycles. The van der Waals surface area contributed by atoms with Crippen LogP contribution in [0.25, 0.3) is 22.3 Å². The number of carbonyl (C=O) groups is 1. The molecule has 23 heavy (non-hydrogen) atoms. The van der Waals surface area contributed by atoms with Gasteiger partial charge in [0.2, 0.25) is 0 Å². The molecule has 0 bridgehead atoms. The van der Waals surface area contributed by atoms with E-state index >= 15 is 0 Å². The lowest BCUT2D eigenvalue weighted by molar-refractivity contribution is -0.138. The van der Waals surface area contributed by atoms with Crippen molar-refractivity contribution in [2.45, 2.75) is 12.8 Å². The molecule has 5 heteroatoms. The van der Waals surface area contributed by atoms with Crippen molar-refractivity contribution >= 4 is 28.5 Å². The summed E-state index contributed by atoms with van der Waals surface area (Å²) >= 11 is 6.22. The smallest absolute Gasteiger partial charge is 0.310 e. The van der Waals surface area contributed by atoms with Gasteiger partial charge in [-0.2, -0.15) is 0 Å². The molecular formula is C18H13ClO4. The molecule has 116 valence electrons. The molecule has 0 radical (unpaired) electrons. The van der Waals surface area contributed by atoms with Gasteiger partial charge >= 0.3 is 5.97 Å². The Bertz CT molecular complexity index is 944. The van der Waals surface area contributed by atoms with Gasteiger partial charge in [-0.3, -0.25) is 9.59 Å². The molecule has 2 aromatic carbocycles. The SMILES string of the molecule is CC(C(=O)O)c1cc(Cl)c2oc(-c3ccccc3)cc(=O)c2c1. The quantitative estimate of drug-likeness (QED) is 0.778. The van der Waals surface area contributed by atoms with E-state index in [2.05, 4.69) is 0 Å². The van der Waals surface area contributed by atoms with Crippen LogP contribution in [0, 0.1) is 0 Å². The summed E-state index contributed by atoms with van der Waals surface area (Å²) in [5.74, 6) is -1.32. The number of halogens is 1. The summed E-state index contributed by atoms with van der Waals surface area (Å²) in [5, 5.41) is 9.62. The number of benzene rings is 2. The van der Waals surface area contributed by atoms with Crippen molar-refractivity contribution in [3.63, 3.8) is 0 Å². The van der Waals surface area contributed by atoms with E-state index in [0.717, 1.165) is 5.56 Å². The summed E-state index contributed by atoms with van der Waals surface area (Å²) in [7, 11) is 0. The first-order chi connectivity index (χ1) is 11.0. The van der Waals surface area contributed by atoms with Crippen molar-refractivity contribution in [1.29, 1.82) is 0 Å². The van der Waals surface area contributed by atoms with E-state index in [9.17, 15) is 9.59 Å². The first kappa shape index (κ1) is 15.3. The lowest BCUT2D eigenvalue weighted by Crippen LogP contribution is -2.09. The third kappa shape index (κ3) is 2.85. The van der Waals surface area contributed by atoms with Crippen molar-refractivity contribution in [3.8, 4) is 11.3 Å². The average Bonchev–Trinajstić information content (AvgIpc) is 2.55. The van der Waals surface area contributed by atoms with Crippen LogP contribution < -0.4 is 5.43 Å². The van der Waals surface area contributed by atoms with Gasteiger partial charge in [-0.05, 0) is 24.6 Å². The number of fused-ring (bicyclic) bond motifs is 1. The van der Waals surface area contributed by atoms with Crippen LogP contribution in [-0.4, -0.2) is 11.1 Å². The Morgan fingerprint density at radius 1 is 1.17 bits per heavy atom. The summed E-state index contributed by atoms with van der Waals surface area (Å²) < 4.78 is 5.78. The van der Waals surface area contributed by atoms with Crippen LogP contribution >= 0.6 is 11.6 Å². The van der Waals surface area contributed by atoms with E-state index in [1.165, 1.54) is 18.2 Å². The van der Waals surface area contributed by atoms with Gasteiger partial charge in [0.05, 0.1) is 16.3 Å². The number of hydrogen-bond donors (Lipinski definition) is 1. The van der Waals surface area contributed by atoms with Crippen LogP contribution in [0.3, 0.4) is 0 Å². The van der Waals surface area contributed by atoms with Gasteiger partial charge in [0.25, 0.3) is 0 Å². The van der Waals surface area contributed by atoms with E-state index in [1.54, 1.807) is 6.92 Å². The number of hydrogen-bond acceptors (Lipinski definition) is 3. The summed E-state index contributed by atoms with van der Waals surface area (Å²) in [6.45, 7) is 1.54. The molecule has 1 atom stereocenters. The van der Waals surface area contributed by atoms with Crippen molar-refractivity contribution in [2.75, 3.05) is 0 Å². The molecule has 3 aromatic rings. The first-order valence-electron chi connectivity index (χ1n) is 7.03. The van der Waals surface area contributed by atoms with Crippen LogP contribution in [0.1, 0.15) is 18.4 Å². The predicted molar refractivity (Wildman–Crippen MR) is 89.0 cm³/mol. The molecule has 3 rings (SSSR count). The standard InChI is InChI=1S/C18H13ClO4/c1-10(18(21)22)12-7-13-15(20)9-16(11-5-3-2-4-6-11)23-17(13)14(19)8-12/h2-10H,1H3,(H,21,22). The van der Waals surface area contributed by atoms with Gasteiger partial charge in [-0.1, -0.05) is 41.9 Å². The van der Waals surface area contributed by atoms with Gasteiger partial charge in [-0.25, -0.2) is 0 Å². The van der Waals surface area contributed by atoms with Gasteiger partial charge < -0.3 is 9.52 Å². The Hall–Kier alpha value is -2.59. The second-order valence-corrected chi connectivity index (χ2v) is 5.69. The minimum Gasteiger partial charge on any atom is -0.481 e. The fraction of sp³-hybridized carbons (Fsp3) is 0.111. The second kappa shape index (κ2) is 5.89. The first-order valence-corrected chi connectivity index (χ1v) is 7.40. The highest BCUT2D eigenvalue weighted by Gasteiger charge is 2.18. The molecular weight excluding hydrogens is 316 g/mol. The molecule has 1 aromatic heterocycles. The van der Waals surface area contributed by atoms with Crippen molar-refractivity contribution < 1.29 is 14.3 Å². The molecule has 0 spiro atoms. The molecule has 1 unspecified atom stereocenters. The van der Waals surface area contributed by atoms with Gasteiger partial charge in [-0.15, -0.1) is 0 Å². The van der Waals surface area contributed by atoms with E-state index in [0.29, 0.717) is 11.3 Å². The summed E-state index contributed by atoms with van der Waals surface area (Å²) in [4.78, 5) is 23.5. The second-order valence-electron chi connectivity index (χ2n) is 5.28. The molecule has 0 aliphatic heterocycles. The molecule has 1 N–H and O–H groups in total. The Morgan fingerprint density at radius 2 is 1.87 bits per heavy atom. The van der Waals surface area contributed by atoms with Crippen LogP contribution in [0.4, 0.5) is 0 Å². The van der Waals surface area contributed by atoms with Crippen LogP contribution in [0.5, 0.6) is 0 Å². The molecule has 0 fully saturated rings. The largest absolute Gasteiger partial charge is 0.481 e. The third-order valence-electron chi connectivity index (χ3n) is 3.73. The molecule has 0 aliphatic rings. The Morgan fingerprint density at radius 3 is 2.52 bits per heavy atom. The number of aliphatic carboxylic acids is 1. The monoisotopic (exact) mass is 328 g/mol. The van der Waals surface area contributed by atoms with Crippen molar-refractivity contribution in [3.05, 3.63) is 69.3 Å². The molecule has 0 saturated carbocycles. The maximum Gasteiger partial charge on any atom is 0.310 e. The van der Waals surface area contributed by atoms with E-state index < -0.39 is 11.9 Å². The number of rotatable bonds is 3. The number of carboxylic acid groups (broad SMARTS) is 1. The highest BCUT2D eigenvalue weighted by atomic mass is 35.5. The van der Waals surface area contributed by atoms with E-state index in [1.807, 2.05) is 30.3 Å². The fourth-order valence-electron chi connectivity index (χ4n) is 2.37. The van der Waals surface area contributed by atoms with Crippen molar-refractivity contribution in [2.24, 2.45) is 0 Å². The third-order valence-corrected chi connectivity index (χ3v) is 4.02. The van der Waals surface area contributed by atoms with Gasteiger partial charge in [0.15, 0.2) is 11.0 Å². The molecule has 0 saturated heterocycles. The fourth-order valence-corrected chi connectivity index (χ4v) is 2.64. The zero-order valence-electron chi connectivity index (χ0n) is 12.2. The zero-order valence-corrected chi connectivity index (χ0v) is 13.0. The number of carboxylic acids is 1. The maximum atomic E-state index is 12.4. The molecule has 4 nitrogen and oxygen atoms in total. The maximum absolute atomic E-state index is 12.4. The molecule has 0 amide bonds. The highest BCUT2D eigenvalue weighted by molar-refractivity contribution is 6.34. The minimum absolute atomic E-state index is 0.223. The van der Waals surface area contributed by atoms with E-state index in [4.69, 9.17) is 21.1 Å². The van der Waals surface area contributed by atoms with Crippen LogP contribution in [0.2, 0.25) is 5.02 Å². The average molecular weight is 329 g/mol. The van der Waals surface area contributed by atoms with Crippen LogP contribution in [-0.2, 0) is 4.79 Å². The van der Waals surface area contributed by atoms with Crippen molar-refractivity contribution in [1.82, 2.24) is 0 Å². The lowest BCUT2D eigenvalue weighted by Gasteiger charge is -2.10. The Balaban J connectivity index is 2.23. The van der Waals surface area contributed by atoms with Gasteiger partial charge in [0.1, 0.15) is 5.76 Å². The topological polar surface area (TPSA) is 67.5 Å². The normalized spacial score (nSPS) is 12.3. The lowest BCUT2D eigenvalue weighted by atomic mass is 9.99. The molecule has 0 aliphatic carbocycles. The van der Waals surface area contributed by atoms with E-state index in [-0.39, 0.29) is 21.4 Å². The van der Waals surface area contributed by atoms with Gasteiger partial charge in [0, 0.05) is 11.6 Å². The summed E-state index contributed by atoms with van der Waals surface area (Å²) in [6.07, 6.45) is 0. The minimum atomic E-state index is -0.981. The predicted octanol–water partition coefficient (Wildman–Crippen LogP) is 4.30. The Labute approximate surface area is 136 Å². The highest BCUT2D eigenvalue weighted by Crippen LogP contribution is 2.30. The summed E-state index contributed by atoms with van der Waals surface area (Å²) in [6, 6.07) is 13.7. The van der Waals surface area contributed by atoms with Crippen LogP contribution in [0.15, 0.2) is 57.7 Å². The zero-order chi connectivity index (χ0) is 16.6. The summed E-state index contributed by atoms with van der Waals surface area (Å²) in [5.41, 5.74) is 1.24.